The van der Waals surface area contributed by atoms with Crippen LogP contribution in [0.1, 0.15) is 36.1 Å². The number of nitrogens with one attached hydrogen (secondary N) is 1. The number of aryl methyl sites for hydroxylation is 1. The van der Waals surface area contributed by atoms with Crippen LogP contribution in [0.2, 0.25) is 5.02 Å². The van der Waals surface area contributed by atoms with Crippen molar-refractivity contribution >= 4 is 11.6 Å². The van der Waals surface area contributed by atoms with Gasteiger partial charge in [-0.3, -0.25) is 0 Å². The van der Waals surface area contributed by atoms with Gasteiger partial charge in [0.25, 0.3) is 0 Å². The van der Waals surface area contributed by atoms with Crippen molar-refractivity contribution in [2.45, 2.75) is 26.3 Å². The van der Waals surface area contributed by atoms with E-state index in [4.69, 9.17) is 11.6 Å². The van der Waals surface area contributed by atoms with Crippen LogP contribution in [0.4, 0.5) is 0 Å². The van der Waals surface area contributed by atoms with Gasteiger partial charge in [0.05, 0.1) is 6.04 Å². The first-order valence-electron chi connectivity index (χ1n) is 6.76. The Bertz CT molecular complexity index is 519. The van der Waals surface area contributed by atoms with E-state index < -0.39 is 0 Å². The predicted octanol–water partition coefficient (Wildman–Crippen LogP) is 4.74. The van der Waals surface area contributed by atoms with E-state index in [9.17, 15) is 0 Å². The number of benzene rings is 2. The minimum atomic E-state index is 0.208. The van der Waals surface area contributed by atoms with Crippen LogP contribution in [0.15, 0.2) is 48.5 Å². The molecule has 2 rings (SSSR count). The molecule has 1 atom stereocenters. The van der Waals surface area contributed by atoms with Gasteiger partial charge in [0.15, 0.2) is 0 Å². The van der Waals surface area contributed by atoms with Gasteiger partial charge in [0.1, 0.15) is 0 Å². The van der Waals surface area contributed by atoms with E-state index in [0.717, 1.165) is 18.0 Å². The van der Waals surface area contributed by atoms with E-state index >= 15 is 0 Å². The van der Waals surface area contributed by atoms with E-state index in [-0.39, 0.29) is 6.04 Å². The topological polar surface area (TPSA) is 12.0 Å². The molecule has 2 heteroatoms. The summed E-state index contributed by atoms with van der Waals surface area (Å²) in [5.74, 6) is 0. The molecule has 0 amide bonds. The molecule has 1 N–H and O–H groups in total. The second-order valence-electron chi connectivity index (χ2n) is 4.85. The monoisotopic (exact) mass is 273 g/mol. The van der Waals surface area contributed by atoms with Crippen LogP contribution in [0, 0.1) is 6.92 Å². The Morgan fingerprint density at radius 1 is 1.05 bits per heavy atom. The molecule has 0 bridgehead atoms. The molecule has 0 fully saturated rings. The summed E-state index contributed by atoms with van der Waals surface area (Å²) in [5.41, 5.74) is 3.77. The lowest BCUT2D eigenvalue weighted by molar-refractivity contribution is 0.598. The molecule has 100 valence electrons. The van der Waals surface area contributed by atoms with Crippen molar-refractivity contribution in [3.05, 3.63) is 70.2 Å². The molecule has 0 aliphatic rings. The van der Waals surface area contributed by atoms with E-state index in [0.29, 0.717) is 0 Å². The number of hydrogen-bond donors (Lipinski definition) is 1. The van der Waals surface area contributed by atoms with Crippen LogP contribution < -0.4 is 5.32 Å². The highest BCUT2D eigenvalue weighted by Crippen LogP contribution is 2.24. The van der Waals surface area contributed by atoms with Crippen LogP contribution in [0.5, 0.6) is 0 Å². The first-order chi connectivity index (χ1) is 9.20. The zero-order chi connectivity index (χ0) is 13.7. The smallest absolute Gasteiger partial charge is 0.0577 e. The zero-order valence-corrected chi connectivity index (χ0v) is 12.2. The van der Waals surface area contributed by atoms with E-state index in [1.807, 2.05) is 18.2 Å². The normalized spacial score (nSPS) is 12.4. The molecule has 0 aliphatic carbocycles. The molecule has 0 radical (unpaired) electrons. The molecular weight excluding hydrogens is 254 g/mol. The second-order valence-corrected chi connectivity index (χ2v) is 5.29. The quantitative estimate of drug-likeness (QED) is 0.830. The maximum absolute atomic E-state index is 6.11. The summed E-state index contributed by atoms with van der Waals surface area (Å²) in [6.07, 6.45) is 1.11. The third kappa shape index (κ3) is 3.82. The molecular formula is C17H20ClN. The lowest BCUT2D eigenvalue weighted by Crippen LogP contribution is -2.23. The fourth-order valence-electron chi connectivity index (χ4n) is 2.16. The van der Waals surface area contributed by atoms with Gasteiger partial charge in [0.2, 0.25) is 0 Å². The highest BCUT2D eigenvalue weighted by atomic mass is 35.5. The average Bonchev–Trinajstić information content (AvgIpc) is 2.41. The fraction of sp³-hybridized carbons (Fsp3) is 0.294. The molecule has 0 aromatic heterocycles. The van der Waals surface area contributed by atoms with Crippen molar-refractivity contribution in [3.63, 3.8) is 0 Å². The van der Waals surface area contributed by atoms with Crippen LogP contribution in [0.25, 0.3) is 0 Å². The molecule has 0 aliphatic heterocycles. The Labute approximate surface area is 120 Å². The standard InChI is InChI=1S/C17H20ClN/c1-3-11-19-17(14-9-7-13(2)8-10-14)15-5-4-6-16(18)12-15/h4-10,12,17,19H,3,11H2,1-2H3. The lowest BCUT2D eigenvalue weighted by Gasteiger charge is -2.20. The maximum atomic E-state index is 6.11. The Morgan fingerprint density at radius 2 is 1.79 bits per heavy atom. The number of hydrogen-bond acceptors (Lipinski definition) is 1. The van der Waals surface area contributed by atoms with E-state index in [1.165, 1.54) is 16.7 Å². The van der Waals surface area contributed by atoms with Crippen molar-refractivity contribution in [3.8, 4) is 0 Å². The summed E-state index contributed by atoms with van der Waals surface area (Å²) in [6, 6.07) is 17.0. The van der Waals surface area contributed by atoms with Gasteiger partial charge in [-0.2, -0.15) is 0 Å². The second kappa shape index (κ2) is 6.74. The summed E-state index contributed by atoms with van der Waals surface area (Å²) < 4.78 is 0. The molecule has 1 unspecified atom stereocenters. The van der Waals surface area contributed by atoms with Crippen LogP contribution >= 0.6 is 11.6 Å². The van der Waals surface area contributed by atoms with Gasteiger partial charge < -0.3 is 5.32 Å². The van der Waals surface area contributed by atoms with Crippen LogP contribution in [0.3, 0.4) is 0 Å². The molecule has 19 heavy (non-hydrogen) atoms. The summed E-state index contributed by atoms with van der Waals surface area (Å²) in [7, 11) is 0. The Hall–Kier alpha value is -1.31. The average molecular weight is 274 g/mol. The maximum Gasteiger partial charge on any atom is 0.0577 e. The van der Waals surface area contributed by atoms with Crippen molar-refractivity contribution < 1.29 is 0 Å². The molecule has 2 aromatic rings. The van der Waals surface area contributed by atoms with Crippen LogP contribution in [-0.2, 0) is 0 Å². The van der Waals surface area contributed by atoms with Gasteiger partial charge in [-0.1, -0.05) is 60.5 Å². The largest absolute Gasteiger partial charge is 0.306 e. The third-order valence-corrected chi connectivity index (χ3v) is 3.43. The Kier molecular flexibility index (Phi) is 5.00. The SMILES string of the molecule is CCCNC(c1ccc(C)cc1)c1cccc(Cl)c1. The van der Waals surface area contributed by atoms with Gasteiger partial charge >= 0.3 is 0 Å². The van der Waals surface area contributed by atoms with Crippen molar-refractivity contribution in [1.29, 1.82) is 0 Å². The number of rotatable bonds is 5. The molecule has 0 saturated carbocycles. The van der Waals surface area contributed by atoms with Gasteiger partial charge in [-0.25, -0.2) is 0 Å². The summed E-state index contributed by atoms with van der Waals surface area (Å²) in [5, 5.41) is 4.38. The van der Waals surface area contributed by atoms with E-state index in [1.54, 1.807) is 0 Å². The third-order valence-electron chi connectivity index (χ3n) is 3.19. The highest BCUT2D eigenvalue weighted by Gasteiger charge is 2.13. The Morgan fingerprint density at radius 3 is 2.42 bits per heavy atom. The zero-order valence-electron chi connectivity index (χ0n) is 11.5. The minimum absolute atomic E-state index is 0.208. The summed E-state index contributed by atoms with van der Waals surface area (Å²) in [4.78, 5) is 0. The Balaban J connectivity index is 2.32. The molecule has 0 heterocycles. The summed E-state index contributed by atoms with van der Waals surface area (Å²) >= 11 is 6.11. The number of halogens is 1. The predicted molar refractivity (Wildman–Crippen MR) is 82.8 cm³/mol. The summed E-state index contributed by atoms with van der Waals surface area (Å²) in [6.45, 7) is 5.28. The van der Waals surface area contributed by atoms with Crippen molar-refractivity contribution in [1.82, 2.24) is 5.32 Å². The lowest BCUT2D eigenvalue weighted by atomic mass is 9.98. The molecule has 2 aromatic carbocycles. The van der Waals surface area contributed by atoms with Gasteiger partial charge in [0, 0.05) is 5.02 Å². The fourth-order valence-corrected chi connectivity index (χ4v) is 2.36. The molecule has 0 spiro atoms. The first kappa shape index (κ1) is 14.1. The minimum Gasteiger partial charge on any atom is -0.306 e. The van der Waals surface area contributed by atoms with Crippen molar-refractivity contribution in [2.75, 3.05) is 6.54 Å². The van der Waals surface area contributed by atoms with Gasteiger partial charge in [-0.05, 0) is 43.1 Å². The molecule has 0 saturated heterocycles. The highest BCUT2D eigenvalue weighted by molar-refractivity contribution is 6.30. The van der Waals surface area contributed by atoms with Gasteiger partial charge in [-0.15, -0.1) is 0 Å². The van der Waals surface area contributed by atoms with Crippen molar-refractivity contribution in [2.24, 2.45) is 0 Å². The van der Waals surface area contributed by atoms with E-state index in [2.05, 4.69) is 49.5 Å². The first-order valence-corrected chi connectivity index (χ1v) is 7.14. The van der Waals surface area contributed by atoms with Crippen LogP contribution in [-0.4, -0.2) is 6.54 Å². The molecule has 1 nitrogen and oxygen atoms in total.